The topological polar surface area (TPSA) is 29.3 Å². The van der Waals surface area contributed by atoms with Crippen molar-refractivity contribution in [2.24, 2.45) is 5.73 Å². The fraction of sp³-hybridized carbons (Fsp3) is 0.294. The number of hydrogen-bond donors (Lipinski definition) is 1. The predicted octanol–water partition coefficient (Wildman–Crippen LogP) is 3.52. The van der Waals surface area contributed by atoms with Crippen LogP contribution in [-0.4, -0.2) is 20.1 Å². The summed E-state index contributed by atoms with van der Waals surface area (Å²) >= 11 is 6.36. The minimum atomic E-state index is 0.639. The largest absolute Gasteiger partial charge is 0.373 e. The van der Waals surface area contributed by atoms with Crippen LogP contribution in [0.15, 0.2) is 48.5 Å². The van der Waals surface area contributed by atoms with Crippen LogP contribution in [0.5, 0.6) is 0 Å². The summed E-state index contributed by atoms with van der Waals surface area (Å²) in [6.07, 6.45) is 1.86. The third kappa shape index (κ3) is 3.75. The van der Waals surface area contributed by atoms with E-state index >= 15 is 0 Å². The van der Waals surface area contributed by atoms with Crippen LogP contribution in [0.2, 0.25) is 5.02 Å². The first kappa shape index (κ1) is 14.9. The van der Waals surface area contributed by atoms with Crippen molar-refractivity contribution in [1.29, 1.82) is 0 Å². The first-order chi connectivity index (χ1) is 9.72. The summed E-state index contributed by atoms with van der Waals surface area (Å²) in [6.45, 7) is 1.57. The Labute approximate surface area is 126 Å². The van der Waals surface area contributed by atoms with E-state index in [4.69, 9.17) is 17.3 Å². The molecule has 2 aromatic rings. The number of halogens is 1. The molecular formula is C17H21ClN2. The lowest BCUT2D eigenvalue weighted by molar-refractivity contribution is 0.861. The van der Waals surface area contributed by atoms with Gasteiger partial charge in [0.25, 0.3) is 0 Å². The van der Waals surface area contributed by atoms with Gasteiger partial charge in [-0.1, -0.05) is 54.1 Å². The lowest BCUT2D eigenvalue weighted by Gasteiger charge is -2.24. The van der Waals surface area contributed by atoms with Crippen molar-refractivity contribution in [3.05, 3.63) is 64.7 Å². The molecule has 0 fully saturated rings. The summed E-state index contributed by atoms with van der Waals surface area (Å²) in [4.78, 5) is 2.22. The molecule has 2 nitrogen and oxygen atoms in total. The number of hydrogen-bond acceptors (Lipinski definition) is 2. The quantitative estimate of drug-likeness (QED) is 0.881. The number of anilines is 1. The van der Waals surface area contributed by atoms with Gasteiger partial charge in [0.05, 0.1) is 10.7 Å². The molecule has 0 unspecified atom stereocenters. The molecule has 0 aliphatic carbocycles. The van der Waals surface area contributed by atoms with E-state index in [1.165, 1.54) is 11.1 Å². The Kier molecular flexibility index (Phi) is 5.45. The van der Waals surface area contributed by atoms with E-state index in [2.05, 4.69) is 42.3 Å². The number of para-hydroxylation sites is 1. The minimum absolute atomic E-state index is 0.639. The maximum absolute atomic E-state index is 6.36. The summed E-state index contributed by atoms with van der Waals surface area (Å²) in [7, 11) is 2.09. The molecule has 0 saturated carbocycles. The Bertz CT molecular complexity index is 540. The van der Waals surface area contributed by atoms with E-state index in [9.17, 15) is 0 Å². The van der Waals surface area contributed by atoms with Gasteiger partial charge in [-0.3, -0.25) is 0 Å². The van der Waals surface area contributed by atoms with Gasteiger partial charge < -0.3 is 10.6 Å². The summed E-state index contributed by atoms with van der Waals surface area (Å²) in [5.74, 6) is 0. The highest BCUT2D eigenvalue weighted by Crippen LogP contribution is 2.29. The fourth-order valence-corrected chi connectivity index (χ4v) is 2.74. The van der Waals surface area contributed by atoms with Crippen LogP contribution in [0.25, 0.3) is 0 Å². The second kappa shape index (κ2) is 7.32. The molecular weight excluding hydrogens is 268 g/mol. The molecule has 0 radical (unpaired) electrons. The van der Waals surface area contributed by atoms with Crippen LogP contribution in [0.4, 0.5) is 5.69 Å². The van der Waals surface area contributed by atoms with Gasteiger partial charge in [-0.15, -0.1) is 0 Å². The van der Waals surface area contributed by atoms with Gasteiger partial charge in [-0.25, -0.2) is 0 Å². The van der Waals surface area contributed by atoms with Crippen molar-refractivity contribution in [2.45, 2.75) is 12.8 Å². The number of nitrogens with two attached hydrogens (primary N) is 1. The molecule has 0 saturated heterocycles. The molecule has 2 rings (SSSR count). The Morgan fingerprint density at radius 3 is 2.45 bits per heavy atom. The van der Waals surface area contributed by atoms with Crippen LogP contribution in [0, 0.1) is 0 Å². The Morgan fingerprint density at radius 2 is 1.75 bits per heavy atom. The van der Waals surface area contributed by atoms with Crippen LogP contribution in [0.1, 0.15) is 11.1 Å². The van der Waals surface area contributed by atoms with Crippen molar-refractivity contribution in [3.63, 3.8) is 0 Å². The first-order valence-electron chi connectivity index (χ1n) is 6.95. The van der Waals surface area contributed by atoms with Crippen molar-refractivity contribution >= 4 is 17.3 Å². The molecule has 20 heavy (non-hydrogen) atoms. The number of nitrogens with zero attached hydrogens (tertiary/aromatic N) is 1. The second-order valence-corrected chi connectivity index (χ2v) is 5.35. The minimum Gasteiger partial charge on any atom is -0.373 e. The van der Waals surface area contributed by atoms with Gasteiger partial charge in [0.2, 0.25) is 0 Å². The number of benzene rings is 2. The second-order valence-electron chi connectivity index (χ2n) is 4.94. The standard InChI is InChI=1S/C17H21ClN2/c1-20(13-11-14-6-3-2-4-7-14)17-15(10-12-19)8-5-9-16(17)18/h2-9H,10-13,19H2,1H3. The molecule has 0 spiro atoms. The summed E-state index contributed by atoms with van der Waals surface area (Å²) in [5.41, 5.74) is 9.35. The average Bonchev–Trinajstić information content (AvgIpc) is 2.46. The monoisotopic (exact) mass is 288 g/mol. The molecule has 2 N–H and O–H groups in total. The Balaban J connectivity index is 2.10. The lowest BCUT2D eigenvalue weighted by atomic mass is 10.1. The Hall–Kier alpha value is -1.51. The smallest absolute Gasteiger partial charge is 0.0642 e. The highest BCUT2D eigenvalue weighted by atomic mass is 35.5. The maximum Gasteiger partial charge on any atom is 0.0642 e. The summed E-state index contributed by atoms with van der Waals surface area (Å²) in [5, 5.41) is 0.798. The molecule has 0 atom stereocenters. The lowest BCUT2D eigenvalue weighted by Crippen LogP contribution is -2.22. The third-order valence-electron chi connectivity index (χ3n) is 3.44. The van der Waals surface area contributed by atoms with Crippen LogP contribution in [-0.2, 0) is 12.8 Å². The zero-order chi connectivity index (χ0) is 14.4. The van der Waals surface area contributed by atoms with Crippen molar-refractivity contribution in [3.8, 4) is 0 Å². The molecule has 2 aromatic carbocycles. The number of likely N-dealkylation sites (N-methyl/N-ethyl adjacent to an activating group) is 1. The molecule has 106 valence electrons. The molecule has 0 bridgehead atoms. The molecule has 0 aliphatic heterocycles. The molecule has 0 aromatic heterocycles. The fourth-order valence-electron chi connectivity index (χ4n) is 2.40. The predicted molar refractivity (Wildman–Crippen MR) is 87.6 cm³/mol. The average molecular weight is 289 g/mol. The summed E-state index contributed by atoms with van der Waals surface area (Å²) < 4.78 is 0. The zero-order valence-corrected chi connectivity index (χ0v) is 12.6. The molecule has 0 heterocycles. The molecule has 0 amide bonds. The van der Waals surface area contributed by atoms with Gasteiger partial charge in [0.15, 0.2) is 0 Å². The summed E-state index contributed by atoms with van der Waals surface area (Å²) in [6, 6.07) is 16.5. The van der Waals surface area contributed by atoms with E-state index in [1.807, 2.05) is 18.2 Å². The highest BCUT2D eigenvalue weighted by molar-refractivity contribution is 6.33. The first-order valence-corrected chi connectivity index (χ1v) is 7.32. The van der Waals surface area contributed by atoms with E-state index in [1.54, 1.807) is 0 Å². The van der Waals surface area contributed by atoms with Crippen LogP contribution < -0.4 is 10.6 Å². The van der Waals surface area contributed by atoms with Gasteiger partial charge in [0.1, 0.15) is 0 Å². The van der Waals surface area contributed by atoms with Crippen LogP contribution >= 0.6 is 11.6 Å². The SMILES string of the molecule is CN(CCc1ccccc1)c1c(Cl)cccc1CCN. The normalized spacial score (nSPS) is 10.6. The van der Waals surface area contributed by atoms with Gasteiger partial charge in [-0.2, -0.15) is 0 Å². The number of rotatable bonds is 6. The van der Waals surface area contributed by atoms with E-state index < -0.39 is 0 Å². The zero-order valence-electron chi connectivity index (χ0n) is 11.8. The third-order valence-corrected chi connectivity index (χ3v) is 3.75. The van der Waals surface area contributed by atoms with E-state index in [-0.39, 0.29) is 0 Å². The Morgan fingerprint density at radius 1 is 1.00 bits per heavy atom. The van der Waals surface area contributed by atoms with Crippen LogP contribution in [0.3, 0.4) is 0 Å². The van der Waals surface area contributed by atoms with Crippen molar-refractivity contribution < 1.29 is 0 Å². The van der Waals surface area contributed by atoms with Gasteiger partial charge >= 0.3 is 0 Å². The van der Waals surface area contributed by atoms with E-state index in [0.29, 0.717) is 6.54 Å². The molecule has 0 aliphatic rings. The van der Waals surface area contributed by atoms with Crippen molar-refractivity contribution in [2.75, 3.05) is 25.0 Å². The maximum atomic E-state index is 6.36. The van der Waals surface area contributed by atoms with Gasteiger partial charge in [-0.05, 0) is 36.6 Å². The van der Waals surface area contributed by atoms with E-state index in [0.717, 1.165) is 30.1 Å². The highest BCUT2D eigenvalue weighted by Gasteiger charge is 2.11. The van der Waals surface area contributed by atoms with Crippen molar-refractivity contribution in [1.82, 2.24) is 0 Å². The van der Waals surface area contributed by atoms with Gasteiger partial charge in [0, 0.05) is 13.6 Å². The molecule has 3 heteroatoms.